The normalized spacial score (nSPS) is 11.6. The Hall–Kier alpha value is -3.02. The fourth-order valence-corrected chi connectivity index (χ4v) is 2.13. The van der Waals surface area contributed by atoms with Crippen LogP contribution in [0.4, 0.5) is 0 Å². The van der Waals surface area contributed by atoms with E-state index < -0.39 is 17.9 Å². The molecule has 0 spiro atoms. The quantitative estimate of drug-likeness (QED) is 0.734. The third-order valence-corrected chi connectivity index (χ3v) is 3.70. The zero-order valence-electron chi connectivity index (χ0n) is 16.1. The Labute approximate surface area is 159 Å². The number of hydrogen-bond acceptors (Lipinski definition) is 4. The summed E-state index contributed by atoms with van der Waals surface area (Å²) in [5, 5.41) is 0. The Balaban J connectivity index is 1.81. The maximum Gasteiger partial charge on any atom is 0.279 e. The maximum absolute atomic E-state index is 12.1. The van der Waals surface area contributed by atoms with Gasteiger partial charge in [-0.3, -0.25) is 20.4 Å². The summed E-state index contributed by atoms with van der Waals surface area (Å²) in [6, 6.07) is 14.1. The maximum atomic E-state index is 12.1. The Bertz CT molecular complexity index is 755. The van der Waals surface area contributed by atoms with E-state index in [-0.39, 0.29) is 0 Å². The number of hydrogen-bond donors (Lipinski definition) is 2. The number of ether oxygens (including phenoxy) is 2. The molecule has 1 atom stereocenters. The van der Waals surface area contributed by atoms with Gasteiger partial charge in [0.15, 0.2) is 6.10 Å². The van der Waals surface area contributed by atoms with Crippen molar-refractivity contribution in [3.8, 4) is 11.5 Å². The van der Waals surface area contributed by atoms with Crippen molar-refractivity contribution in [3.05, 3.63) is 59.7 Å². The molecule has 0 aliphatic carbocycles. The molecule has 6 heteroatoms. The van der Waals surface area contributed by atoms with E-state index in [1.165, 1.54) is 0 Å². The largest absolute Gasteiger partial charge is 0.493 e. The SMILES string of the molecule is Cc1ccc(OC(C)C(=O)NNC(=O)c2ccc(OCC(C)C)cc2)cc1. The standard InChI is InChI=1S/C21H26N2O4/c1-14(2)13-26-18-11-7-17(8-12-18)21(25)23-22-20(24)16(4)27-19-9-5-15(3)6-10-19/h5-12,14,16H,13H2,1-4H3,(H,22,24)(H,23,25). The highest BCUT2D eigenvalue weighted by molar-refractivity contribution is 5.95. The molecule has 2 aromatic carbocycles. The number of carbonyl (C=O) groups is 2. The first-order valence-corrected chi connectivity index (χ1v) is 8.91. The highest BCUT2D eigenvalue weighted by atomic mass is 16.5. The van der Waals surface area contributed by atoms with E-state index in [1.807, 2.05) is 19.1 Å². The Morgan fingerprint density at radius 2 is 1.48 bits per heavy atom. The zero-order chi connectivity index (χ0) is 19.8. The van der Waals surface area contributed by atoms with Gasteiger partial charge in [0.05, 0.1) is 6.61 Å². The van der Waals surface area contributed by atoms with E-state index in [0.29, 0.717) is 29.6 Å². The molecule has 0 aromatic heterocycles. The number of nitrogens with one attached hydrogen (secondary N) is 2. The predicted molar refractivity (Wildman–Crippen MR) is 104 cm³/mol. The zero-order valence-corrected chi connectivity index (χ0v) is 16.1. The van der Waals surface area contributed by atoms with Crippen molar-refractivity contribution in [1.82, 2.24) is 10.9 Å². The molecule has 1 unspecified atom stereocenters. The molecular weight excluding hydrogens is 344 g/mol. The minimum absolute atomic E-state index is 0.415. The first-order valence-electron chi connectivity index (χ1n) is 8.91. The first kappa shape index (κ1) is 20.3. The van der Waals surface area contributed by atoms with Gasteiger partial charge in [0, 0.05) is 5.56 Å². The van der Waals surface area contributed by atoms with E-state index in [9.17, 15) is 9.59 Å². The van der Waals surface area contributed by atoms with E-state index in [1.54, 1.807) is 43.3 Å². The van der Waals surface area contributed by atoms with Gasteiger partial charge >= 0.3 is 0 Å². The summed E-state index contributed by atoms with van der Waals surface area (Å²) in [6.07, 6.45) is -0.750. The second-order valence-corrected chi connectivity index (χ2v) is 6.75. The number of hydrazine groups is 1. The van der Waals surface area contributed by atoms with E-state index >= 15 is 0 Å². The van der Waals surface area contributed by atoms with Gasteiger partial charge < -0.3 is 9.47 Å². The molecule has 0 fully saturated rings. The van der Waals surface area contributed by atoms with Crippen molar-refractivity contribution in [3.63, 3.8) is 0 Å². The molecule has 0 radical (unpaired) electrons. The number of aryl methyl sites for hydroxylation is 1. The van der Waals surface area contributed by atoms with Crippen molar-refractivity contribution in [2.75, 3.05) is 6.61 Å². The lowest BCUT2D eigenvalue weighted by Gasteiger charge is -2.15. The molecule has 144 valence electrons. The summed E-state index contributed by atoms with van der Waals surface area (Å²) < 4.78 is 11.1. The molecule has 0 bridgehead atoms. The van der Waals surface area contributed by atoms with Crippen LogP contribution >= 0.6 is 0 Å². The fraction of sp³-hybridized carbons (Fsp3) is 0.333. The molecule has 2 N–H and O–H groups in total. The molecule has 6 nitrogen and oxygen atoms in total. The van der Waals surface area contributed by atoms with E-state index in [2.05, 4.69) is 24.7 Å². The lowest BCUT2D eigenvalue weighted by molar-refractivity contribution is -0.128. The van der Waals surface area contributed by atoms with Gasteiger partial charge in [-0.1, -0.05) is 31.5 Å². The fourth-order valence-electron chi connectivity index (χ4n) is 2.13. The van der Waals surface area contributed by atoms with Crippen molar-refractivity contribution in [1.29, 1.82) is 0 Å². The lowest BCUT2D eigenvalue weighted by atomic mass is 10.2. The topological polar surface area (TPSA) is 76.7 Å². The molecule has 0 saturated heterocycles. The van der Waals surface area contributed by atoms with Crippen LogP contribution in [0.3, 0.4) is 0 Å². The van der Waals surface area contributed by atoms with Crippen LogP contribution in [-0.2, 0) is 4.79 Å². The number of carbonyl (C=O) groups excluding carboxylic acids is 2. The molecule has 27 heavy (non-hydrogen) atoms. The van der Waals surface area contributed by atoms with Crippen molar-refractivity contribution < 1.29 is 19.1 Å². The third kappa shape index (κ3) is 6.66. The number of rotatable bonds is 7. The van der Waals surface area contributed by atoms with Crippen molar-refractivity contribution >= 4 is 11.8 Å². The molecule has 0 aliphatic heterocycles. The smallest absolute Gasteiger partial charge is 0.279 e. The van der Waals surface area contributed by atoms with Crippen LogP contribution in [0, 0.1) is 12.8 Å². The second-order valence-electron chi connectivity index (χ2n) is 6.75. The third-order valence-electron chi connectivity index (χ3n) is 3.70. The number of amides is 2. The van der Waals surface area contributed by atoms with E-state index in [4.69, 9.17) is 9.47 Å². The number of benzene rings is 2. The molecule has 0 saturated carbocycles. The van der Waals surface area contributed by atoms with Crippen LogP contribution in [0.25, 0.3) is 0 Å². The van der Waals surface area contributed by atoms with Crippen LogP contribution in [0.15, 0.2) is 48.5 Å². The molecule has 2 rings (SSSR count). The Morgan fingerprint density at radius 1 is 0.889 bits per heavy atom. The molecular formula is C21H26N2O4. The van der Waals surface area contributed by atoms with Gasteiger partial charge in [0.1, 0.15) is 11.5 Å². The minimum atomic E-state index is -0.750. The Kier molecular flexibility index (Phi) is 7.23. The van der Waals surface area contributed by atoms with Crippen LogP contribution in [0.1, 0.15) is 36.7 Å². The minimum Gasteiger partial charge on any atom is -0.493 e. The highest BCUT2D eigenvalue weighted by Crippen LogP contribution is 2.14. The second kappa shape index (κ2) is 9.62. The van der Waals surface area contributed by atoms with Gasteiger partial charge in [0.25, 0.3) is 11.8 Å². The lowest BCUT2D eigenvalue weighted by Crippen LogP contribution is -2.47. The van der Waals surface area contributed by atoms with Crippen LogP contribution in [-0.4, -0.2) is 24.5 Å². The van der Waals surface area contributed by atoms with Gasteiger partial charge in [-0.25, -0.2) is 0 Å². The Morgan fingerprint density at radius 3 is 2.07 bits per heavy atom. The molecule has 0 aliphatic rings. The summed E-state index contributed by atoms with van der Waals surface area (Å²) in [5.41, 5.74) is 6.28. The highest BCUT2D eigenvalue weighted by Gasteiger charge is 2.16. The van der Waals surface area contributed by atoms with Crippen molar-refractivity contribution in [2.45, 2.75) is 33.8 Å². The van der Waals surface area contributed by atoms with Gasteiger partial charge in [-0.2, -0.15) is 0 Å². The van der Waals surface area contributed by atoms with Crippen LogP contribution in [0.2, 0.25) is 0 Å². The molecule has 2 amide bonds. The average Bonchev–Trinajstić information content (AvgIpc) is 2.66. The van der Waals surface area contributed by atoms with Crippen LogP contribution in [0.5, 0.6) is 11.5 Å². The summed E-state index contributed by atoms with van der Waals surface area (Å²) in [7, 11) is 0. The van der Waals surface area contributed by atoms with Gasteiger partial charge in [-0.15, -0.1) is 0 Å². The first-order chi connectivity index (χ1) is 12.8. The van der Waals surface area contributed by atoms with E-state index in [0.717, 1.165) is 5.56 Å². The average molecular weight is 370 g/mol. The summed E-state index contributed by atoms with van der Waals surface area (Å²) in [6.45, 7) is 8.32. The van der Waals surface area contributed by atoms with Crippen molar-refractivity contribution in [2.24, 2.45) is 5.92 Å². The monoisotopic (exact) mass is 370 g/mol. The van der Waals surface area contributed by atoms with Crippen LogP contribution < -0.4 is 20.3 Å². The predicted octanol–water partition coefficient (Wildman–Crippen LogP) is 3.26. The van der Waals surface area contributed by atoms with Gasteiger partial charge in [0.2, 0.25) is 0 Å². The molecule has 0 heterocycles. The molecule has 2 aromatic rings. The van der Waals surface area contributed by atoms with Gasteiger partial charge in [-0.05, 0) is 56.2 Å². The summed E-state index contributed by atoms with van der Waals surface area (Å²) in [4.78, 5) is 24.2. The summed E-state index contributed by atoms with van der Waals surface area (Å²) in [5.74, 6) is 0.852. The summed E-state index contributed by atoms with van der Waals surface area (Å²) >= 11 is 0.